The van der Waals surface area contributed by atoms with Gasteiger partial charge in [-0.05, 0) is 31.2 Å². The first-order chi connectivity index (χ1) is 11.0. The van der Waals surface area contributed by atoms with Crippen molar-refractivity contribution < 1.29 is 12.8 Å². The number of hydrogen-bond donors (Lipinski definition) is 1. The summed E-state index contributed by atoms with van der Waals surface area (Å²) in [5.41, 5.74) is 0.798. The third-order valence-corrected chi connectivity index (χ3v) is 6.39. The monoisotopic (exact) mass is 340 g/mol. The number of hydrogen-bond acceptors (Lipinski definition) is 5. The fraction of sp³-hybridized carbons (Fsp3) is 0.600. The van der Waals surface area contributed by atoms with Crippen molar-refractivity contribution >= 4 is 26.7 Å². The molecule has 0 spiro atoms. The Morgan fingerprint density at radius 2 is 2.17 bits per heavy atom. The Labute approximate surface area is 135 Å². The fourth-order valence-electron chi connectivity index (χ4n) is 3.18. The summed E-state index contributed by atoms with van der Waals surface area (Å²) in [6.07, 6.45) is 5.10. The predicted molar refractivity (Wildman–Crippen MR) is 88.0 cm³/mol. The second-order valence-corrected chi connectivity index (χ2v) is 8.43. The van der Waals surface area contributed by atoms with Crippen molar-refractivity contribution in [3.8, 4) is 0 Å². The predicted octanol–water partition coefficient (Wildman–Crippen LogP) is 1.95. The van der Waals surface area contributed by atoms with E-state index >= 15 is 0 Å². The van der Waals surface area contributed by atoms with E-state index in [2.05, 4.69) is 19.9 Å². The van der Waals surface area contributed by atoms with Crippen molar-refractivity contribution in [3.63, 3.8) is 0 Å². The number of nitrogens with zero attached hydrogens (tertiary/aromatic N) is 3. The van der Waals surface area contributed by atoms with E-state index < -0.39 is 16.5 Å². The maximum Gasteiger partial charge on any atom is 0.150 e. The van der Waals surface area contributed by atoms with Crippen LogP contribution in [0, 0.1) is 5.92 Å². The average Bonchev–Trinajstić information content (AvgIpc) is 2.96. The second kappa shape index (κ2) is 6.43. The number of nitrogens with one attached hydrogen (secondary N) is 1. The molecular formula is C15H21FN4O2S. The SMILES string of the molecule is CN(c1ncnc2[nH]ccc12)[C@H]1C[C@@H](CS(=O)(=O)CCCF)C1. The molecule has 2 aromatic rings. The normalized spacial score (nSPS) is 21.3. The van der Waals surface area contributed by atoms with Crippen LogP contribution in [0.5, 0.6) is 0 Å². The van der Waals surface area contributed by atoms with Crippen LogP contribution in [0.4, 0.5) is 10.2 Å². The molecule has 0 aliphatic heterocycles. The van der Waals surface area contributed by atoms with Gasteiger partial charge in [0.1, 0.15) is 17.8 Å². The number of anilines is 1. The highest BCUT2D eigenvalue weighted by Gasteiger charge is 2.35. The molecule has 2 heterocycles. The maximum absolute atomic E-state index is 12.1. The minimum atomic E-state index is -3.13. The van der Waals surface area contributed by atoms with Gasteiger partial charge in [-0.25, -0.2) is 18.4 Å². The lowest BCUT2D eigenvalue weighted by Crippen LogP contribution is -2.45. The van der Waals surface area contributed by atoms with Crippen LogP contribution in [0.3, 0.4) is 0 Å². The smallest absolute Gasteiger partial charge is 0.150 e. The van der Waals surface area contributed by atoms with Crippen molar-refractivity contribution in [1.29, 1.82) is 0 Å². The molecule has 1 N–H and O–H groups in total. The highest BCUT2D eigenvalue weighted by atomic mass is 32.2. The Kier molecular flexibility index (Phi) is 4.52. The van der Waals surface area contributed by atoms with Crippen molar-refractivity contribution in [2.24, 2.45) is 5.92 Å². The molecule has 0 saturated heterocycles. The summed E-state index contributed by atoms with van der Waals surface area (Å²) in [6.45, 7) is -0.574. The number of H-pyrrole nitrogens is 1. The summed E-state index contributed by atoms with van der Waals surface area (Å²) in [6, 6.07) is 2.23. The lowest BCUT2D eigenvalue weighted by Gasteiger charge is -2.41. The fourth-order valence-corrected chi connectivity index (χ4v) is 4.89. The van der Waals surface area contributed by atoms with Gasteiger partial charge < -0.3 is 9.88 Å². The summed E-state index contributed by atoms with van der Waals surface area (Å²) in [5, 5.41) is 0.967. The molecule has 8 heteroatoms. The van der Waals surface area contributed by atoms with E-state index in [4.69, 9.17) is 0 Å². The summed E-state index contributed by atoms with van der Waals surface area (Å²) >= 11 is 0. The number of alkyl halides is 1. The number of rotatable bonds is 7. The van der Waals surface area contributed by atoms with Gasteiger partial charge in [0.05, 0.1) is 23.6 Å². The minimum absolute atomic E-state index is 0.0452. The molecule has 0 amide bonds. The van der Waals surface area contributed by atoms with Gasteiger partial charge >= 0.3 is 0 Å². The van der Waals surface area contributed by atoms with Gasteiger partial charge in [-0.2, -0.15) is 0 Å². The lowest BCUT2D eigenvalue weighted by molar-refractivity contribution is 0.282. The Bertz CT molecular complexity index is 771. The van der Waals surface area contributed by atoms with E-state index in [1.54, 1.807) is 0 Å². The summed E-state index contributed by atoms with van der Waals surface area (Å²) in [4.78, 5) is 13.7. The molecule has 0 aromatic carbocycles. The van der Waals surface area contributed by atoms with Gasteiger partial charge in [0.2, 0.25) is 0 Å². The Balaban J connectivity index is 1.60. The first-order valence-electron chi connectivity index (χ1n) is 7.77. The molecule has 2 aromatic heterocycles. The summed E-state index contributed by atoms with van der Waals surface area (Å²) in [5.74, 6) is 1.15. The van der Waals surface area contributed by atoms with Gasteiger partial charge in [0.25, 0.3) is 0 Å². The Morgan fingerprint density at radius 3 is 2.91 bits per heavy atom. The molecule has 0 atom stereocenters. The van der Waals surface area contributed by atoms with Crippen LogP contribution >= 0.6 is 0 Å². The molecule has 0 bridgehead atoms. The first-order valence-corrected chi connectivity index (χ1v) is 9.59. The van der Waals surface area contributed by atoms with Gasteiger partial charge in [0.15, 0.2) is 9.84 Å². The number of sulfone groups is 1. The number of aromatic amines is 1. The number of fused-ring (bicyclic) bond motifs is 1. The van der Waals surface area contributed by atoms with Crippen LogP contribution < -0.4 is 4.90 Å². The van der Waals surface area contributed by atoms with Crippen LogP contribution in [0.25, 0.3) is 11.0 Å². The van der Waals surface area contributed by atoms with Crippen molar-refractivity contribution in [3.05, 3.63) is 18.6 Å². The lowest BCUT2D eigenvalue weighted by atomic mass is 9.81. The van der Waals surface area contributed by atoms with E-state index in [0.717, 1.165) is 29.7 Å². The van der Waals surface area contributed by atoms with Gasteiger partial charge in [-0.1, -0.05) is 0 Å². The zero-order chi connectivity index (χ0) is 16.4. The molecule has 126 valence electrons. The zero-order valence-corrected chi connectivity index (χ0v) is 13.9. The quantitative estimate of drug-likeness (QED) is 0.833. The molecule has 1 aliphatic rings. The summed E-state index contributed by atoms with van der Waals surface area (Å²) < 4.78 is 35.9. The molecule has 0 radical (unpaired) electrons. The molecule has 1 fully saturated rings. The largest absolute Gasteiger partial charge is 0.356 e. The molecule has 1 aliphatic carbocycles. The Morgan fingerprint density at radius 1 is 1.39 bits per heavy atom. The van der Waals surface area contributed by atoms with Gasteiger partial charge in [-0.15, -0.1) is 0 Å². The molecular weight excluding hydrogens is 319 g/mol. The van der Waals surface area contributed by atoms with Crippen molar-refractivity contribution in [2.45, 2.75) is 25.3 Å². The van der Waals surface area contributed by atoms with E-state index in [1.807, 2.05) is 19.3 Å². The van der Waals surface area contributed by atoms with E-state index in [0.29, 0.717) is 0 Å². The molecule has 0 unspecified atom stereocenters. The maximum atomic E-state index is 12.1. The van der Waals surface area contributed by atoms with E-state index in [-0.39, 0.29) is 29.9 Å². The standard InChI is InChI=1S/C15H21FN4O2S/c1-20(15-13-3-5-17-14(13)18-10-19-15)12-7-11(8-12)9-23(21,22)6-2-4-16/h3,5,10-12H,2,4,6-9H2,1H3,(H,17,18,19)/t11-,12+. The van der Waals surface area contributed by atoms with Crippen molar-refractivity contribution in [2.75, 3.05) is 30.1 Å². The molecule has 23 heavy (non-hydrogen) atoms. The molecule has 1 saturated carbocycles. The van der Waals surface area contributed by atoms with E-state index in [1.165, 1.54) is 6.33 Å². The van der Waals surface area contributed by atoms with Crippen LogP contribution in [0.15, 0.2) is 18.6 Å². The zero-order valence-electron chi connectivity index (χ0n) is 13.1. The highest BCUT2D eigenvalue weighted by Crippen LogP contribution is 2.35. The van der Waals surface area contributed by atoms with Crippen LogP contribution in [0.1, 0.15) is 19.3 Å². The highest BCUT2D eigenvalue weighted by molar-refractivity contribution is 7.91. The Hall–Kier alpha value is -1.70. The third kappa shape index (κ3) is 3.46. The molecule has 6 nitrogen and oxygen atoms in total. The van der Waals surface area contributed by atoms with E-state index in [9.17, 15) is 12.8 Å². The van der Waals surface area contributed by atoms with Crippen LogP contribution in [-0.2, 0) is 9.84 Å². The summed E-state index contributed by atoms with van der Waals surface area (Å²) in [7, 11) is -1.15. The van der Waals surface area contributed by atoms with Crippen LogP contribution in [0.2, 0.25) is 0 Å². The number of halogens is 1. The van der Waals surface area contributed by atoms with Gasteiger partial charge in [0, 0.05) is 19.3 Å². The first kappa shape index (κ1) is 16.2. The molecule has 3 rings (SSSR count). The number of aromatic nitrogens is 3. The second-order valence-electron chi connectivity index (χ2n) is 6.20. The van der Waals surface area contributed by atoms with Crippen molar-refractivity contribution in [1.82, 2.24) is 15.0 Å². The third-order valence-electron chi connectivity index (χ3n) is 4.50. The topological polar surface area (TPSA) is 79.0 Å². The minimum Gasteiger partial charge on any atom is -0.356 e. The average molecular weight is 340 g/mol. The van der Waals surface area contributed by atoms with Crippen LogP contribution in [-0.4, -0.2) is 54.6 Å². The van der Waals surface area contributed by atoms with Gasteiger partial charge in [-0.3, -0.25) is 4.39 Å².